The molecule has 2 N–H and O–H groups in total. The van der Waals surface area contributed by atoms with Crippen LogP contribution < -0.4 is 0 Å². The van der Waals surface area contributed by atoms with Crippen molar-refractivity contribution in [1.29, 1.82) is 0 Å². The molecule has 3 heterocycles. The monoisotopic (exact) mass is 711 g/mol. The fraction of sp³-hybridized carbons (Fsp3) is 0.735. The number of aliphatic hydroxyl groups is 2. The van der Waals surface area contributed by atoms with E-state index in [-0.39, 0.29) is 28.4 Å². The van der Waals surface area contributed by atoms with E-state index in [9.17, 15) is 24.6 Å². The number of carbonyl (C=O) groups excluding carboxylic acids is 3. The first-order valence-electron chi connectivity index (χ1n) is 16.3. The number of rotatable bonds is 3. The quantitative estimate of drug-likeness (QED) is 0.187. The molecule has 1 amide bonds. The summed E-state index contributed by atoms with van der Waals surface area (Å²) in [5.74, 6) is -5.76. The van der Waals surface area contributed by atoms with Crippen LogP contribution in [0.2, 0.25) is 0 Å². The summed E-state index contributed by atoms with van der Waals surface area (Å²) < 4.78 is 12.3. The molecule has 5 unspecified atom stereocenters. The van der Waals surface area contributed by atoms with E-state index in [0.29, 0.717) is 32.1 Å². The zero-order valence-corrected chi connectivity index (χ0v) is 28.1. The number of hydrogen-bond donors (Lipinski definition) is 2. The van der Waals surface area contributed by atoms with Crippen molar-refractivity contribution >= 4 is 40.3 Å². The maximum atomic E-state index is 14.1. The van der Waals surface area contributed by atoms with Crippen LogP contribution in [-0.4, -0.2) is 73.4 Å². The summed E-state index contributed by atoms with van der Waals surface area (Å²) in [6.07, 6.45) is 7.16. The normalized spacial score (nSPS) is 36.5. The molecule has 3 saturated heterocycles. The number of ketones is 1. The number of ether oxygens (including phenoxy) is 2. The average molecular weight is 712 g/mol. The van der Waals surface area contributed by atoms with Crippen molar-refractivity contribution in [3.63, 3.8) is 0 Å². The minimum Gasteiger partial charge on any atom is -0.460 e. The zero-order chi connectivity index (χ0) is 31.1. The van der Waals surface area contributed by atoms with Crippen LogP contribution in [0.1, 0.15) is 97.0 Å². The number of nitrogens with zero attached hydrogens (tertiary/aromatic N) is 1. The molecule has 0 aromatic heterocycles. The highest BCUT2D eigenvalue weighted by Crippen LogP contribution is 2.36. The van der Waals surface area contributed by atoms with Crippen molar-refractivity contribution in [2.24, 2.45) is 17.8 Å². The first-order chi connectivity index (χ1) is 20.5. The van der Waals surface area contributed by atoms with Gasteiger partial charge >= 0.3 is 11.8 Å². The molecule has 8 nitrogen and oxygen atoms in total. The predicted octanol–water partition coefficient (Wildman–Crippen LogP) is 5.39. The summed E-state index contributed by atoms with van der Waals surface area (Å²) in [4.78, 5) is 42.8. The first kappa shape index (κ1) is 34.3. The largest absolute Gasteiger partial charge is 0.460 e. The molecule has 0 saturated carbocycles. The molecule has 2 bridgehead atoms. The molecule has 1 aromatic carbocycles. The number of esters is 1. The third-order valence-corrected chi connectivity index (χ3v) is 11.1. The number of cyclic esters (lactones) is 1. The molecule has 0 radical (unpaired) electrons. The highest BCUT2D eigenvalue weighted by molar-refractivity contribution is 14.1. The molecule has 0 spiro atoms. The van der Waals surface area contributed by atoms with Crippen LogP contribution in [0.15, 0.2) is 30.3 Å². The van der Waals surface area contributed by atoms with Gasteiger partial charge in [0.05, 0.1) is 16.1 Å². The molecule has 0 aliphatic carbocycles. The highest BCUT2D eigenvalue weighted by Gasteiger charge is 2.55. The summed E-state index contributed by atoms with van der Waals surface area (Å²) >= 11 is 2.38. The Bertz CT molecular complexity index is 1090. The van der Waals surface area contributed by atoms with E-state index in [1.165, 1.54) is 10.5 Å². The van der Waals surface area contributed by atoms with E-state index >= 15 is 0 Å². The summed E-state index contributed by atoms with van der Waals surface area (Å²) in [7, 11) is 0. The summed E-state index contributed by atoms with van der Waals surface area (Å²) in [5, 5.41) is 23.0. The molecule has 9 atom stereocenters. The van der Waals surface area contributed by atoms with Gasteiger partial charge in [-0.3, -0.25) is 9.59 Å². The second-order valence-corrected chi connectivity index (χ2v) is 14.8. The number of benzene rings is 1. The first-order valence-corrected chi connectivity index (χ1v) is 17.6. The second kappa shape index (κ2) is 15.6. The Morgan fingerprint density at radius 1 is 0.930 bits per heavy atom. The Hall–Kier alpha value is -1.56. The maximum absolute atomic E-state index is 14.1. The van der Waals surface area contributed by atoms with Gasteiger partial charge in [-0.15, -0.1) is 0 Å². The Labute approximate surface area is 270 Å². The van der Waals surface area contributed by atoms with Gasteiger partial charge in [0.1, 0.15) is 12.1 Å². The van der Waals surface area contributed by atoms with Crippen LogP contribution in [-0.2, 0) is 30.3 Å². The van der Waals surface area contributed by atoms with Crippen LogP contribution >= 0.6 is 22.6 Å². The number of hydrogen-bond acceptors (Lipinski definition) is 7. The second-order valence-electron chi connectivity index (χ2n) is 13.2. The van der Waals surface area contributed by atoms with Gasteiger partial charge in [-0.05, 0) is 69.3 Å². The number of Topliss-reactive ketones (excluding diaryl/α,β-unsaturated/α-hetero) is 1. The van der Waals surface area contributed by atoms with Gasteiger partial charge in [0.15, 0.2) is 0 Å². The van der Waals surface area contributed by atoms with E-state index in [0.717, 1.165) is 44.9 Å². The fourth-order valence-electron chi connectivity index (χ4n) is 6.94. The summed E-state index contributed by atoms with van der Waals surface area (Å²) in [5.41, 5.74) is 1.17. The number of aliphatic hydroxyl groups excluding tert-OH is 1. The molecule has 3 aliphatic heterocycles. The standard InChI is InChI=1S/C34H50INO7/c1-22-13-7-4-5-10-17-29(26(35)21-25-14-8-6-9-15-25)42-32(39)27-16-11-12-20-36(27)33(40)34(41)31(38)23(2)18-19-28(43-34)24(3)30(22)37/h6,8-9,14-15,22-24,26-30,37,41H,4-5,7,10-13,16-21H2,1-3H3/t22-,23-,24+,26?,27+,28?,29?,30?,34?/m1/s1. The smallest absolute Gasteiger partial charge is 0.329 e. The maximum Gasteiger partial charge on any atom is 0.329 e. The van der Waals surface area contributed by atoms with E-state index in [1.807, 2.05) is 32.0 Å². The van der Waals surface area contributed by atoms with Crippen molar-refractivity contribution in [1.82, 2.24) is 4.90 Å². The number of piperidine rings is 1. The lowest BCUT2D eigenvalue weighted by Gasteiger charge is -2.41. The Morgan fingerprint density at radius 3 is 2.33 bits per heavy atom. The number of fused-ring (bicyclic) bond motifs is 3. The average Bonchev–Trinajstić information content (AvgIpc) is 3.13. The number of amides is 1. The highest BCUT2D eigenvalue weighted by atomic mass is 127. The van der Waals surface area contributed by atoms with Crippen molar-refractivity contribution in [2.45, 2.75) is 132 Å². The summed E-state index contributed by atoms with van der Waals surface area (Å²) in [6, 6.07) is 9.24. The fourth-order valence-corrected chi connectivity index (χ4v) is 7.96. The molecule has 240 valence electrons. The van der Waals surface area contributed by atoms with Crippen LogP contribution in [0.3, 0.4) is 0 Å². The van der Waals surface area contributed by atoms with Crippen LogP contribution in [0, 0.1) is 17.8 Å². The van der Waals surface area contributed by atoms with Crippen molar-refractivity contribution in [3.8, 4) is 0 Å². The molecule has 9 heteroatoms. The Kier molecular flexibility index (Phi) is 12.5. The third-order valence-electron chi connectivity index (χ3n) is 9.86. The van der Waals surface area contributed by atoms with Crippen LogP contribution in [0.4, 0.5) is 0 Å². The lowest BCUT2D eigenvalue weighted by Crippen LogP contribution is -2.62. The Balaban J connectivity index is 1.64. The van der Waals surface area contributed by atoms with Gasteiger partial charge in [-0.25, -0.2) is 4.79 Å². The van der Waals surface area contributed by atoms with Crippen molar-refractivity contribution in [2.75, 3.05) is 6.54 Å². The van der Waals surface area contributed by atoms with E-state index in [4.69, 9.17) is 9.47 Å². The van der Waals surface area contributed by atoms with Gasteiger partial charge in [0.2, 0.25) is 5.78 Å². The molecule has 3 aliphatic rings. The van der Waals surface area contributed by atoms with E-state index in [2.05, 4.69) is 34.7 Å². The topological polar surface area (TPSA) is 113 Å². The van der Waals surface area contributed by atoms with Gasteiger partial charge in [0, 0.05) is 18.4 Å². The van der Waals surface area contributed by atoms with Gasteiger partial charge in [-0.1, -0.05) is 93.0 Å². The van der Waals surface area contributed by atoms with Crippen LogP contribution in [0.25, 0.3) is 0 Å². The molecule has 1 aromatic rings. The molecule has 4 rings (SSSR count). The lowest BCUT2D eigenvalue weighted by atomic mass is 9.84. The predicted molar refractivity (Wildman–Crippen MR) is 172 cm³/mol. The molecule has 43 heavy (non-hydrogen) atoms. The molecular weight excluding hydrogens is 661 g/mol. The van der Waals surface area contributed by atoms with Gasteiger partial charge in [-0.2, -0.15) is 0 Å². The molecular formula is C34H50INO7. The molecule has 3 fully saturated rings. The minimum absolute atomic E-state index is 0.00225. The number of carbonyl (C=O) groups is 3. The van der Waals surface area contributed by atoms with Gasteiger partial charge in [0.25, 0.3) is 5.91 Å². The van der Waals surface area contributed by atoms with E-state index < -0.39 is 47.6 Å². The Morgan fingerprint density at radius 2 is 1.60 bits per heavy atom. The van der Waals surface area contributed by atoms with Crippen molar-refractivity contribution in [3.05, 3.63) is 35.9 Å². The number of alkyl halides is 1. The number of halogens is 1. The lowest BCUT2D eigenvalue weighted by molar-refractivity contribution is -0.237. The third kappa shape index (κ3) is 8.38. The van der Waals surface area contributed by atoms with Crippen LogP contribution in [0.5, 0.6) is 0 Å². The SMILES string of the molecule is C[C@H]1C2CC[C@@H](C)C(=O)C(O)(O2)C(=O)N2CCCC[C@H]2C(=O)OC(C(I)Cc2ccccc2)CCCCCC[C@@H](C)C1O. The van der Waals surface area contributed by atoms with Gasteiger partial charge < -0.3 is 24.6 Å². The summed E-state index contributed by atoms with van der Waals surface area (Å²) in [6.45, 7) is 5.82. The van der Waals surface area contributed by atoms with E-state index in [1.54, 1.807) is 6.92 Å². The minimum atomic E-state index is -2.71. The van der Waals surface area contributed by atoms with Crippen molar-refractivity contribution < 1.29 is 34.1 Å². The zero-order valence-electron chi connectivity index (χ0n) is 26.0.